The zero-order valence-electron chi connectivity index (χ0n) is 12.2. The molecule has 5 unspecified atom stereocenters. The molecule has 0 aromatic heterocycles. The highest BCUT2D eigenvalue weighted by Gasteiger charge is 2.41. The van der Waals surface area contributed by atoms with Crippen LogP contribution in [0.15, 0.2) is 0 Å². The number of amides is 1. The molecule has 1 fully saturated rings. The van der Waals surface area contributed by atoms with Crippen LogP contribution in [0.5, 0.6) is 0 Å². The van der Waals surface area contributed by atoms with E-state index in [1.54, 1.807) is 0 Å². The lowest BCUT2D eigenvalue weighted by atomic mass is 9.88. The molecule has 0 aliphatic carbocycles. The van der Waals surface area contributed by atoms with Crippen molar-refractivity contribution in [1.82, 2.24) is 5.32 Å². The van der Waals surface area contributed by atoms with Crippen molar-refractivity contribution in [3.8, 4) is 0 Å². The lowest BCUT2D eigenvalue weighted by Gasteiger charge is -2.19. The van der Waals surface area contributed by atoms with Crippen LogP contribution < -0.4 is 5.32 Å². The first-order chi connectivity index (χ1) is 8.82. The second-order valence-corrected chi connectivity index (χ2v) is 5.71. The van der Waals surface area contributed by atoms with Gasteiger partial charge in [0.1, 0.15) is 0 Å². The van der Waals surface area contributed by atoms with E-state index in [-0.39, 0.29) is 42.3 Å². The van der Waals surface area contributed by atoms with E-state index in [0.717, 1.165) is 0 Å². The molecule has 1 rings (SSSR count). The van der Waals surface area contributed by atoms with Gasteiger partial charge in [0.05, 0.1) is 18.1 Å². The molecule has 1 aliphatic rings. The van der Waals surface area contributed by atoms with Crippen LogP contribution in [0.3, 0.4) is 0 Å². The molecule has 0 radical (unpaired) electrons. The second kappa shape index (κ2) is 6.89. The highest BCUT2D eigenvalue weighted by Crippen LogP contribution is 2.32. The molecular weight excluding hydrogens is 246 g/mol. The van der Waals surface area contributed by atoms with Crippen LogP contribution in [0.25, 0.3) is 0 Å². The molecule has 0 aromatic carbocycles. The van der Waals surface area contributed by atoms with Gasteiger partial charge < -0.3 is 15.2 Å². The zero-order chi connectivity index (χ0) is 14.6. The molecule has 0 saturated carbocycles. The summed E-state index contributed by atoms with van der Waals surface area (Å²) in [4.78, 5) is 22.6. The zero-order valence-corrected chi connectivity index (χ0v) is 12.2. The molecule has 0 aromatic rings. The molecule has 5 heteroatoms. The van der Waals surface area contributed by atoms with Crippen LogP contribution >= 0.6 is 0 Å². The molecule has 5 nitrogen and oxygen atoms in total. The average Bonchev–Trinajstić information content (AvgIpc) is 2.58. The minimum absolute atomic E-state index is 0.0199. The topological polar surface area (TPSA) is 75.6 Å². The van der Waals surface area contributed by atoms with E-state index in [1.165, 1.54) is 0 Å². The van der Waals surface area contributed by atoms with Gasteiger partial charge in [0.25, 0.3) is 0 Å². The summed E-state index contributed by atoms with van der Waals surface area (Å²) < 4.78 is 5.65. The van der Waals surface area contributed by atoms with Crippen LogP contribution in [0.1, 0.15) is 40.5 Å². The molecule has 1 saturated heterocycles. The molecular formula is C14H25NO4. The Balaban J connectivity index is 2.37. The van der Waals surface area contributed by atoms with Crippen LogP contribution in [0.2, 0.25) is 0 Å². The first kappa shape index (κ1) is 16.0. The Kier molecular flexibility index (Phi) is 5.79. The molecule has 5 atom stereocenters. The summed E-state index contributed by atoms with van der Waals surface area (Å²) in [5.41, 5.74) is 0. The summed E-state index contributed by atoms with van der Waals surface area (Å²) in [6, 6.07) is 0. The maximum atomic E-state index is 12.1. The summed E-state index contributed by atoms with van der Waals surface area (Å²) in [5.74, 6) is -0.499. The van der Waals surface area contributed by atoms with Crippen molar-refractivity contribution < 1.29 is 19.4 Å². The number of carboxylic acids is 1. The Bertz CT molecular complexity index is 331. The number of carboxylic acid groups (broad SMARTS) is 1. The van der Waals surface area contributed by atoms with Crippen molar-refractivity contribution in [2.75, 3.05) is 6.54 Å². The van der Waals surface area contributed by atoms with Gasteiger partial charge in [-0.15, -0.1) is 0 Å². The Morgan fingerprint density at radius 1 is 1.26 bits per heavy atom. The second-order valence-electron chi connectivity index (χ2n) is 5.71. The monoisotopic (exact) mass is 271 g/mol. The van der Waals surface area contributed by atoms with Crippen LogP contribution in [0.4, 0.5) is 0 Å². The Morgan fingerprint density at radius 2 is 1.89 bits per heavy atom. The maximum Gasteiger partial charge on any atom is 0.303 e. The number of aliphatic carboxylic acids is 1. The largest absolute Gasteiger partial charge is 0.481 e. The van der Waals surface area contributed by atoms with Gasteiger partial charge in [0, 0.05) is 13.0 Å². The van der Waals surface area contributed by atoms with Crippen molar-refractivity contribution in [3.63, 3.8) is 0 Å². The molecule has 0 spiro atoms. The lowest BCUT2D eigenvalue weighted by Crippen LogP contribution is -2.39. The lowest BCUT2D eigenvalue weighted by molar-refractivity contribution is -0.137. The third-order valence-corrected chi connectivity index (χ3v) is 4.02. The average molecular weight is 271 g/mol. The van der Waals surface area contributed by atoms with Gasteiger partial charge in [-0.1, -0.05) is 13.8 Å². The van der Waals surface area contributed by atoms with E-state index in [1.807, 2.05) is 27.7 Å². The number of rotatable bonds is 6. The summed E-state index contributed by atoms with van der Waals surface area (Å²) in [7, 11) is 0. The van der Waals surface area contributed by atoms with Crippen molar-refractivity contribution in [1.29, 1.82) is 0 Å². The predicted octanol–water partition coefficient (Wildman–Crippen LogP) is 1.66. The van der Waals surface area contributed by atoms with Crippen molar-refractivity contribution in [2.45, 2.75) is 52.7 Å². The SMILES string of the molecule is CC(CCC(=O)O)CNC(=O)C1C(C)OC(C)C1C. The standard InChI is InChI=1S/C14H25NO4/c1-8(5-6-12(16)17)7-15-14(18)13-9(2)10(3)19-11(13)4/h8-11,13H,5-7H2,1-4H3,(H,15,18)(H,16,17). The van der Waals surface area contributed by atoms with E-state index in [4.69, 9.17) is 9.84 Å². The third kappa shape index (κ3) is 4.49. The highest BCUT2D eigenvalue weighted by molar-refractivity contribution is 5.79. The van der Waals surface area contributed by atoms with Crippen molar-refractivity contribution in [3.05, 3.63) is 0 Å². The number of ether oxygens (including phenoxy) is 1. The molecule has 2 N–H and O–H groups in total. The summed E-state index contributed by atoms with van der Waals surface area (Å²) in [6.07, 6.45) is 0.778. The van der Waals surface area contributed by atoms with Crippen molar-refractivity contribution in [2.24, 2.45) is 17.8 Å². The van der Waals surface area contributed by atoms with Gasteiger partial charge in [-0.2, -0.15) is 0 Å². The molecule has 1 amide bonds. The number of hydrogen-bond acceptors (Lipinski definition) is 3. The highest BCUT2D eigenvalue weighted by atomic mass is 16.5. The fourth-order valence-electron chi connectivity index (χ4n) is 2.58. The first-order valence-corrected chi connectivity index (χ1v) is 6.97. The van der Waals surface area contributed by atoms with Gasteiger partial charge in [0.15, 0.2) is 0 Å². The Morgan fingerprint density at radius 3 is 2.37 bits per heavy atom. The van der Waals surface area contributed by atoms with Gasteiger partial charge in [-0.05, 0) is 32.1 Å². The molecule has 0 bridgehead atoms. The Labute approximate surface area is 114 Å². The normalized spacial score (nSPS) is 32.0. The predicted molar refractivity (Wildman–Crippen MR) is 71.7 cm³/mol. The van der Waals surface area contributed by atoms with Gasteiger partial charge in [-0.3, -0.25) is 9.59 Å². The van der Waals surface area contributed by atoms with Gasteiger partial charge >= 0.3 is 5.97 Å². The van der Waals surface area contributed by atoms with E-state index >= 15 is 0 Å². The van der Waals surface area contributed by atoms with E-state index in [9.17, 15) is 9.59 Å². The smallest absolute Gasteiger partial charge is 0.303 e. The van der Waals surface area contributed by atoms with Crippen molar-refractivity contribution >= 4 is 11.9 Å². The number of carbonyl (C=O) groups excluding carboxylic acids is 1. The van der Waals surface area contributed by atoms with E-state index in [2.05, 4.69) is 5.32 Å². The minimum atomic E-state index is -0.793. The first-order valence-electron chi connectivity index (χ1n) is 6.97. The number of nitrogens with one attached hydrogen (secondary N) is 1. The fraction of sp³-hybridized carbons (Fsp3) is 0.857. The molecule has 19 heavy (non-hydrogen) atoms. The summed E-state index contributed by atoms with van der Waals surface area (Å²) in [6.45, 7) is 8.43. The Hall–Kier alpha value is -1.10. The van der Waals surface area contributed by atoms with Crippen LogP contribution in [-0.4, -0.2) is 35.7 Å². The maximum absolute atomic E-state index is 12.1. The summed E-state index contributed by atoms with van der Waals surface area (Å²) >= 11 is 0. The van der Waals surface area contributed by atoms with E-state index in [0.29, 0.717) is 13.0 Å². The molecule has 1 aliphatic heterocycles. The quantitative estimate of drug-likeness (QED) is 0.770. The third-order valence-electron chi connectivity index (χ3n) is 4.02. The molecule has 1 heterocycles. The van der Waals surface area contributed by atoms with Crippen LogP contribution in [-0.2, 0) is 14.3 Å². The summed E-state index contributed by atoms with van der Waals surface area (Å²) in [5, 5.41) is 11.5. The molecule has 110 valence electrons. The van der Waals surface area contributed by atoms with E-state index < -0.39 is 5.97 Å². The van der Waals surface area contributed by atoms with Gasteiger partial charge in [-0.25, -0.2) is 0 Å². The number of carbonyl (C=O) groups is 2. The number of hydrogen-bond donors (Lipinski definition) is 2. The van der Waals surface area contributed by atoms with Crippen LogP contribution in [0, 0.1) is 17.8 Å². The van der Waals surface area contributed by atoms with Gasteiger partial charge in [0.2, 0.25) is 5.91 Å². The minimum Gasteiger partial charge on any atom is -0.481 e. The fourth-order valence-corrected chi connectivity index (χ4v) is 2.58.